The lowest BCUT2D eigenvalue weighted by molar-refractivity contribution is -0.145. The van der Waals surface area contributed by atoms with Crippen molar-refractivity contribution in [2.45, 2.75) is 52.1 Å². The van der Waals surface area contributed by atoms with Gasteiger partial charge in [0.25, 0.3) is 0 Å². The highest BCUT2D eigenvalue weighted by atomic mass is 16.3. The monoisotopic (exact) mass is 228 g/mol. The van der Waals surface area contributed by atoms with Crippen LogP contribution in [-0.2, 0) is 4.79 Å². The molecule has 1 heterocycles. The van der Waals surface area contributed by atoms with Gasteiger partial charge in [-0.05, 0) is 40.5 Å². The van der Waals surface area contributed by atoms with Gasteiger partial charge in [-0.25, -0.2) is 0 Å². The molecule has 0 spiro atoms. The van der Waals surface area contributed by atoms with E-state index in [1.807, 2.05) is 27.7 Å². The standard InChI is InChI=1S/C12H24N2O2/c1-11(2,12(3,4)13)10(16)14-7-5-6-9(14)8-15/h9,15H,5-8,13H2,1-4H3. The number of rotatable bonds is 3. The number of carbonyl (C=O) groups is 1. The number of hydrogen-bond donors (Lipinski definition) is 2. The predicted molar refractivity (Wildman–Crippen MR) is 63.9 cm³/mol. The van der Waals surface area contributed by atoms with E-state index < -0.39 is 11.0 Å². The van der Waals surface area contributed by atoms with Gasteiger partial charge in [0, 0.05) is 12.1 Å². The summed E-state index contributed by atoms with van der Waals surface area (Å²) >= 11 is 0. The van der Waals surface area contributed by atoms with Gasteiger partial charge in [0.1, 0.15) is 0 Å². The second-order valence-electron chi connectivity index (χ2n) is 5.82. The normalized spacial score (nSPS) is 22.6. The van der Waals surface area contributed by atoms with E-state index in [4.69, 9.17) is 5.73 Å². The zero-order valence-corrected chi connectivity index (χ0v) is 10.8. The van der Waals surface area contributed by atoms with Crippen molar-refractivity contribution in [3.05, 3.63) is 0 Å². The third-order valence-corrected chi connectivity index (χ3v) is 3.99. The minimum Gasteiger partial charge on any atom is -0.394 e. The summed E-state index contributed by atoms with van der Waals surface area (Å²) in [5, 5.41) is 9.23. The number of nitrogens with zero attached hydrogens (tertiary/aromatic N) is 1. The van der Waals surface area contributed by atoms with E-state index in [9.17, 15) is 9.90 Å². The Morgan fingerprint density at radius 2 is 2.00 bits per heavy atom. The summed E-state index contributed by atoms with van der Waals surface area (Å²) in [5.41, 5.74) is 4.89. The Hall–Kier alpha value is -0.610. The summed E-state index contributed by atoms with van der Waals surface area (Å²) < 4.78 is 0. The lowest BCUT2D eigenvalue weighted by Crippen LogP contribution is -2.57. The van der Waals surface area contributed by atoms with Crippen LogP contribution in [-0.4, -0.2) is 40.6 Å². The average molecular weight is 228 g/mol. The molecule has 1 atom stereocenters. The first kappa shape index (κ1) is 13.5. The quantitative estimate of drug-likeness (QED) is 0.748. The molecule has 0 saturated carbocycles. The van der Waals surface area contributed by atoms with Crippen LogP contribution < -0.4 is 5.73 Å². The number of nitrogens with two attached hydrogens (primary N) is 1. The van der Waals surface area contributed by atoms with Crippen molar-refractivity contribution in [1.29, 1.82) is 0 Å². The summed E-state index contributed by atoms with van der Waals surface area (Å²) in [7, 11) is 0. The van der Waals surface area contributed by atoms with Gasteiger partial charge in [0.2, 0.25) is 5.91 Å². The highest BCUT2D eigenvalue weighted by Gasteiger charge is 2.45. The van der Waals surface area contributed by atoms with Crippen molar-refractivity contribution in [1.82, 2.24) is 4.90 Å². The molecule has 0 radical (unpaired) electrons. The Bertz CT molecular complexity index is 269. The lowest BCUT2D eigenvalue weighted by Gasteiger charge is -2.41. The van der Waals surface area contributed by atoms with E-state index in [1.165, 1.54) is 0 Å². The van der Waals surface area contributed by atoms with Crippen molar-refractivity contribution in [3.63, 3.8) is 0 Å². The molecule has 4 heteroatoms. The van der Waals surface area contributed by atoms with Crippen LogP contribution in [0, 0.1) is 5.41 Å². The topological polar surface area (TPSA) is 66.6 Å². The molecular formula is C12H24N2O2. The maximum absolute atomic E-state index is 12.4. The molecule has 0 aliphatic carbocycles. The summed E-state index contributed by atoms with van der Waals surface area (Å²) in [6.45, 7) is 8.28. The zero-order chi connectivity index (χ0) is 12.6. The first-order chi connectivity index (χ1) is 7.21. The average Bonchev–Trinajstić information content (AvgIpc) is 2.62. The van der Waals surface area contributed by atoms with Crippen LogP contribution in [0.15, 0.2) is 0 Å². The largest absolute Gasteiger partial charge is 0.394 e. The molecule has 3 N–H and O–H groups in total. The van der Waals surface area contributed by atoms with Gasteiger partial charge >= 0.3 is 0 Å². The van der Waals surface area contributed by atoms with E-state index >= 15 is 0 Å². The van der Waals surface area contributed by atoms with E-state index in [0.717, 1.165) is 19.4 Å². The fourth-order valence-electron chi connectivity index (χ4n) is 1.93. The molecule has 1 aliphatic heterocycles. The molecule has 1 unspecified atom stereocenters. The van der Waals surface area contributed by atoms with Gasteiger partial charge in [0.05, 0.1) is 18.1 Å². The van der Waals surface area contributed by atoms with Crippen LogP contribution in [0.4, 0.5) is 0 Å². The van der Waals surface area contributed by atoms with Crippen LogP contribution in [0.3, 0.4) is 0 Å². The van der Waals surface area contributed by atoms with Crippen molar-refractivity contribution < 1.29 is 9.90 Å². The number of likely N-dealkylation sites (tertiary alicyclic amines) is 1. The van der Waals surface area contributed by atoms with E-state index in [2.05, 4.69) is 0 Å². The molecule has 4 nitrogen and oxygen atoms in total. The van der Waals surface area contributed by atoms with Gasteiger partial charge in [-0.15, -0.1) is 0 Å². The smallest absolute Gasteiger partial charge is 0.230 e. The SMILES string of the molecule is CC(C)(N)C(C)(C)C(=O)N1CCCC1CO. The predicted octanol–water partition coefficient (Wildman–Crippen LogP) is 0.733. The summed E-state index contributed by atoms with van der Waals surface area (Å²) in [6, 6.07) is -0.0193. The Morgan fingerprint density at radius 1 is 1.44 bits per heavy atom. The van der Waals surface area contributed by atoms with E-state index in [1.54, 1.807) is 4.90 Å². The van der Waals surface area contributed by atoms with Gasteiger partial charge < -0.3 is 15.7 Å². The maximum atomic E-state index is 12.4. The minimum atomic E-state index is -0.606. The molecule has 0 aromatic heterocycles. The molecule has 0 aromatic rings. The summed E-state index contributed by atoms with van der Waals surface area (Å²) in [6.07, 6.45) is 1.86. The molecule has 16 heavy (non-hydrogen) atoms. The van der Waals surface area contributed by atoms with Gasteiger partial charge in [-0.3, -0.25) is 4.79 Å². The molecular weight excluding hydrogens is 204 g/mol. The molecule has 1 rings (SSSR count). The Morgan fingerprint density at radius 3 is 2.44 bits per heavy atom. The van der Waals surface area contributed by atoms with Crippen molar-refractivity contribution in [2.24, 2.45) is 11.1 Å². The third-order valence-electron chi connectivity index (χ3n) is 3.99. The third kappa shape index (κ3) is 2.23. The number of hydrogen-bond acceptors (Lipinski definition) is 3. The van der Waals surface area contributed by atoms with Crippen molar-refractivity contribution in [3.8, 4) is 0 Å². The molecule has 1 aliphatic rings. The number of amides is 1. The van der Waals surface area contributed by atoms with E-state index in [-0.39, 0.29) is 18.6 Å². The second-order valence-corrected chi connectivity index (χ2v) is 5.82. The molecule has 0 bridgehead atoms. The second kappa shape index (κ2) is 4.34. The van der Waals surface area contributed by atoms with Crippen LogP contribution in [0.2, 0.25) is 0 Å². The maximum Gasteiger partial charge on any atom is 0.230 e. The lowest BCUT2D eigenvalue weighted by atomic mass is 9.74. The van der Waals surface area contributed by atoms with Gasteiger partial charge in [0.15, 0.2) is 0 Å². The fourth-order valence-corrected chi connectivity index (χ4v) is 1.93. The summed E-state index contributed by atoms with van der Waals surface area (Å²) in [4.78, 5) is 14.2. The number of aliphatic hydroxyl groups is 1. The molecule has 1 saturated heterocycles. The van der Waals surface area contributed by atoms with Crippen molar-refractivity contribution in [2.75, 3.05) is 13.2 Å². The first-order valence-electron chi connectivity index (χ1n) is 5.92. The van der Waals surface area contributed by atoms with Crippen molar-refractivity contribution >= 4 is 5.91 Å². The molecule has 1 amide bonds. The van der Waals surface area contributed by atoms with Gasteiger partial charge in [-0.2, -0.15) is 0 Å². The van der Waals surface area contributed by atoms with Crippen LogP contribution >= 0.6 is 0 Å². The Labute approximate surface area is 97.8 Å². The first-order valence-corrected chi connectivity index (χ1v) is 5.92. The molecule has 1 fully saturated rings. The van der Waals surface area contributed by atoms with Crippen LogP contribution in [0.1, 0.15) is 40.5 Å². The van der Waals surface area contributed by atoms with Crippen LogP contribution in [0.25, 0.3) is 0 Å². The fraction of sp³-hybridized carbons (Fsp3) is 0.917. The van der Waals surface area contributed by atoms with E-state index in [0.29, 0.717) is 0 Å². The minimum absolute atomic E-state index is 0.0193. The summed E-state index contributed by atoms with van der Waals surface area (Å²) in [5.74, 6) is 0.0524. The van der Waals surface area contributed by atoms with Gasteiger partial charge in [-0.1, -0.05) is 0 Å². The highest BCUT2D eigenvalue weighted by molar-refractivity contribution is 5.84. The Balaban J connectivity index is 2.85. The molecule has 94 valence electrons. The zero-order valence-electron chi connectivity index (χ0n) is 10.8. The number of carbonyl (C=O) groups excluding carboxylic acids is 1. The highest BCUT2D eigenvalue weighted by Crippen LogP contribution is 2.33. The Kier molecular flexibility index (Phi) is 3.65. The number of aliphatic hydroxyl groups excluding tert-OH is 1. The van der Waals surface area contributed by atoms with Crippen LogP contribution in [0.5, 0.6) is 0 Å². The molecule has 0 aromatic carbocycles.